The molecular weight excluding hydrogens is 543 g/mol. The van der Waals surface area contributed by atoms with E-state index in [1.807, 2.05) is 10.8 Å². The van der Waals surface area contributed by atoms with Gasteiger partial charge in [0, 0.05) is 11.8 Å². The van der Waals surface area contributed by atoms with Gasteiger partial charge in [-0.25, -0.2) is 19.9 Å². The molecule has 3 heterocycles. The highest BCUT2D eigenvalue weighted by Crippen LogP contribution is 2.32. The van der Waals surface area contributed by atoms with E-state index in [4.69, 9.17) is 14.3 Å². The molecule has 38 heavy (non-hydrogen) atoms. The van der Waals surface area contributed by atoms with Crippen molar-refractivity contribution in [1.29, 1.82) is 0 Å². The van der Waals surface area contributed by atoms with Crippen LogP contribution in [-0.2, 0) is 26.3 Å². The van der Waals surface area contributed by atoms with Crippen molar-refractivity contribution in [3.8, 4) is 11.1 Å². The smallest absolute Gasteiger partial charge is 0.325 e. The summed E-state index contributed by atoms with van der Waals surface area (Å²) in [5, 5.41) is 18.0. The molecule has 5 N–H and O–H groups in total. The van der Waals surface area contributed by atoms with Crippen LogP contribution in [0.4, 0.5) is 9.18 Å². The fourth-order valence-electron chi connectivity index (χ4n) is 3.18. The first-order valence-electron chi connectivity index (χ1n) is 10.9. The fourth-order valence-corrected chi connectivity index (χ4v) is 4.56. The molecule has 0 aliphatic carbocycles. The molecule has 17 heteroatoms. The molecular formula is C21H21FN8O6S2. The second kappa shape index (κ2) is 11.5. The topological polar surface area (TPSA) is 204 Å². The van der Waals surface area contributed by atoms with Gasteiger partial charge in [-0.05, 0) is 36.8 Å². The lowest BCUT2D eigenvalue weighted by molar-refractivity contribution is -0.141. The van der Waals surface area contributed by atoms with Gasteiger partial charge in [0.15, 0.2) is 6.04 Å². The van der Waals surface area contributed by atoms with Crippen molar-refractivity contribution in [3.63, 3.8) is 0 Å². The van der Waals surface area contributed by atoms with Gasteiger partial charge in [-0.3, -0.25) is 4.79 Å². The second-order valence-electron chi connectivity index (χ2n) is 7.57. The van der Waals surface area contributed by atoms with E-state index in [1.54, 1.807) is 25.1 Å². The number of esters is 1. The summed E-state index contributed by atoms with van der Waals surface area (Å²) < 4.78 is 48.7. The molecule has 4 aromatic rings. The summed E-state index contributed by atoms with van der Waals surface area (Å²) in [6, 6.07) is 6.42. The Morgan fingerprint density at radius 2 is 2.00 bits per heavy atom. The normalized spacial score (nSPS) is 12.3. The Bertz CT molecular complexity index is 1560. The molecule has 2 amide bonds. The lowest BCUT2D eigenvalue weighted by Crippen LogP contribution is -2.41. The number of benzene rings is 1. The van der Waals surface area contributed by atoms with Crippen molar-refractivity contribution >= 4 is 43.8 Å². The van der Waals surface area contributed by atoms with Gasteiger partial charge < -0.3 is 19.8 Å². The Labute approximate surface area is 219 Å². The molecule has 200 valence electrons. The maximum absolute atomic E-state index is 13.2. The highest BCUT2D eigenvalue weighted by Gasteiger charge is 2.27. The number of pyridine rings is 1. The number of carbonyl (C=O) groups is 2. The minimum absolute atomic E-state index is 0.0930. The van der Waals surface area contributed by atoms with E-state index in [-0.39, 0.29) is 31.5 Å². The Kier molecular flexibility index (Phi) is 8.20. The molecule has 0 aliphatic rings. The third kappa shape index (κ3) is 7.03. The van der Waals surface area contributed by atoms with Gasteiger partial charge in [0.25, 0.3) is 10.2 Å². The van der Waals surface area contributed by atoms with Crippen LogP contribution in [0.3, 0.4) is 0 Å². The number of nitrogens with one attached hydrogen (secondary N) is 3. The Morgan fingerprint density at radius 1 is 1.21 bits per heavy atom. The minimum atomic E-state index is -4.01. The number of aromatic nitrogens is 4. The van der Waals surface area contributed by atoms with Gasteiger partial charge in [-0.15, -0.1) is 21.5 Å². The van der Waals surface area contributed by atoms with Gasteiger partial charge in [0.2, 0.25) is 17.7 Å². The summed E-state index contributed by atoms with van der Waals surface area (Å²) in [4.78, 5) is 32.4. The molecule has 0 fully saturated rings. The van der Waals surface area contributed by atoms with E-state index in [0.29, 0.717) is 16.1 Å². The highest BCUT2D eigenvalue weighted by molar-refractivity contribution is 7.87. The molecule has 1 aromatic carbocycles. The highest BCUT2D eigenvalue weighted by atomic mass is 32.2. The van der Waals surface area contributed by atoms with Crippen LogP contribution in [0.5, 0.6) is 0 Å². The van der Waals surface area contributed by atoms with Crippen molar-refractivity contribution in [2.24, 2.45) is 5.14 Å². The summed E-state index contributed by atoms with van der Waals surface area (Å²) in [5.74, 6) is -1.43. The molecule has 0 aliphatic heterocycles. The van der Waals surface area contributed by atoms with Crippen LogP contribution >= 0.6 is 11.3 Å². The SMILES string of the molecule is CCOC(=O)CNC(=O)NC(c1nnc(CNS(N)(=O)=O)o1)c1nc2ccc(-c3ccc(F)nc3)cc2s1. The number of halogens is 1. The Balaban J connectivity index is 1.62. The number of thiazole rings is 1. The summed E-state index contributed by atoms with van der Waals surface area (Å²) in [6.45, 7) is 1.04. The van der Waals surface area contributed by atoms with Crippen LogP contribution in [0, 0.1) is 5.95 Å². The average molecular weight is 565 g/mol. The molecule has 14 nitrogen and oxygen atoms in total. The summed E-state index contributed by atoms with van der Waals surface area (Å²) in [5.41, 5.74) is 2.06. The molecule has 0 spiro atoms. The van der Waals surface area contributed by atoms with E-state index in [9.17, 15) is 22.4 Å². The van der Waals surface area contributed by atoms with Gasteiger partial charge in [-0.2, -0.15) is 17.5 Å². The first kappa shape index (κ1) is 27.0. The quantitative estimate of drug-likeness (QED) is 0.160. The van der Waals surface area contributed by atoms with Crippen molar-refractivity contribution in [3.05, 3.63) is 59.3 Å². The second-order valence-corrected chi connectivity index (χ2v) is 10.0. The summed E-state index contributed by atoms with van der Waals surface area (Å²) >= 11 is 1.21. The Morgan fingerprint density at radius 3 is 2.71 bits per heavy atom. The number of hydrogen-bond acceptors (Lipinski definition) is 11. The summed E-state index contributed by atoms with van der Waals surface area (Å²) in [6.07, 6.45) is 1.41. The molecule has 4 rings (SSSR count). The zero-order valence-electron chi connectivity index (χ0n) is 19.7. The largest absolute Gasteiger partial charge is 0.465 e. The van der Waals surface area contributed by atoms with Gasteiger partial charge in [0.05, 0.1) is 23.4 Å². The molecule has 0 radical (unpaired) electrons. The maximum atomic E-state index is 13.2. The number of hydrogen-bond donors (Lipinski definition) is 4. The number of amides is 2. The van der Waals surface area contributed by atoms with E-state index >= 15 is 0 Å². The van der Waals surface area contributed by atoms with Crippen LogP contribution in [0.25, 0.3) is 21.3 Å². The van der Waals surface area contributed by atoms with Gasteiger partial charge in [0.1, 0.15) is 11.6 Å². The van der Waals surface area contributed by atoms with Crippen LogP contribution < -0.4 is 20.5 Å². The first-order chi connectivity index (χ1) is 18.1. The van der Waals surface area contributed by atoms with E-state index < -0.39 is 34.2 Å². The van der Waals surface area contributed by atoms with Crippen molar-refractivity contribution < 1.29 is 31.6 Å². The van der Waals surface area contributed by atoms with Crippen molar-refractivity contribution in [2.45, 2.75) is 19.5 Å². The number of fused-ring (bicyclic) bond motifs is 1. The molecule has 1 unspecified atom stereocenters. The van der Waals surface area contributed by atoms with Crippen LogP contribution in [0.2, 0.25) is 0 Å². The number of nitrogens with two attached hydrogens (primary N) is 1. The number of carbonyl (C=O) groups excluding carboxylic acids is 2. The fraction of sp³-hybridized carbons (Fsp3) is 0.238. The number of nitrogens with zero attached hydrogens (tertiary/aromatic N) is 4. The third-order valence-corrected chi connectivity index (χ3v) is 6.47. The van der Waals surface area contributed by atoms with E-state index in [0.717, 1.165) is 10.3 Å². The zero-order chi connectivity index (χ0) is 27.3. The zero-order valence-corrected chi connectivity index (χ0v) is 21.3. The van der Waals surface area contributed by atoms with Crippen molar-refractivity contribution in [1.82, 2.24) is 35.5 Å². The van der Waals surface area contributed by atoms with Crippen LogP contribution in [-0.4, -0.2) is 53.7 Å². The molecule has 0 bridgehead atoms. The Hall–Kier alpha value is -4.06. The number of ether oxygens (including phenoxy) is 1. The predicted molar refractivity (Wildman–Crippen MR) is 132 cm³/mol. The standard InChI is InChI=1S/C21H21FN8O6S2/c1-2-35-17(31)10-25-21(32)28-18(19-30-29-16(36-19)9-26-38(23,33)34)20-27-13-5-3-11(7-14(13)37-20)12-4-6-15(22)24-8-12/h3-8,18,26H,2,9-10H2,1H3,(H2,23,33,34)(H2,25,28,32). The molecule has 0 saturated heterocycles. The third-order valence-electron chi connectivity index (χ3n) is 4.84. The molecule has 0 saturated carbocycles. The van der Waals surface area contributed by atoms with Crippen molar-refractivity contribution in [2.75, 3.05) is 13.2 Å². The number of urea groups is 1. The van der Waals surface area contributed by atoms with E-state index in [1.165, 1.54) is 23.6 Å². The lowest BCUT2D eigenvalue weighted by atomic mass is 10.1. The predicted octanol–water partition coefficient (Wildman–Crippen LogP) is 1.13. The monoisotopic (exact) mass is 564 g/mol. The van der Waals surface area contributed by atoms with Crippen LogP contribution in [0.1, 0.15) is 29.8 Å². The molecule has 1 atom stereocenters. The van der Waals surface area contributed by atoms with E-state index in [2.05, 4.69) is 30.8 Å². The molecule has 3 aromatic heterocycles. The van der Waals surface area contributed by atoms with Gasteiger partial charge >= 0.3 is 12.0 Å². The lowest BCUT2D eigenvalue weighted by Gasteiger charge is -2.13. The minimum Gasteiger partial charge on any atom is -0.465 e. The maximum Gasteiger partial charge on any atom is 0.325 e. The van der Waals surface area contributed by atoms with Gasteiger partial charge in [-0.1, -0.05) is 6.07 Å². The first-order valence-corrected chi connectivity index (χ1v) is 13.3. The van der Waals surface area contributed by atoms with Crippen LogP contribution in [0.15, 0.2) is 40.9 Å². The average Bonchev–Trinajstić information content (AvgIpc) is 3.52. The summed E-state index contributed by atoms with van der Waals surface area (Å²) in [7, 11) is -4.01. The number of rotatable bonds is 10.